The molecule has 0 saturated carbocycles. The minimum absolute atomic E-state index is 0.204. The Morgan fingerprint density at radius 1 is 0.853 bits per heavy atom. The second-order valence-corrected chi connectivity index (χ2v) is 9.16. The van der Waals surface area contributed by atoms with E-state index >= 15 is 0 Å². The zero-order valence-electron chi connectivity index (χ0n) is 20.8. The Hall–Kier alpha value is -2.73. The van der Waals surface area contributed by atoms with Crippen molar-refractivity contribution >= 4 is 29.6 Å². The number of amides is 4. The first-order chi connectivity index (χ1) is 15.8. The van der Waals surface area contributed by atoms with Gasteiger partial charge in [-0.25, -0.2) is 0 Å². The van der Waals surface area contributed by atoms with Gasteiger partial charge >= 0.3 is 5.97 Å². The maximum atomic E-state index is 13.0. The fraction of sp³-hybridized carbons (Fsp3) is 0.773. The summed E-state index contributed by atoms with van der Waals surface area (Å²) in [6.07, 6.45) is 2.04. The summed E-state index contributed by atoms with van der Waals surface area (Å²) >= 11 is 0. The Balaban J connectivity index is 5.18. The summed E-state index contributed by atoms with van der Waals surface area (Å²) in [6, 6.07) is -3.74. The third-order valence-electron chi connectivity index (χ3n) is 5.06. The van der Waals surface area contributed by atoms with Gasteiger partial charge in [0.25, 0.3) is 0 Å². The van der Waals surface area contributed by atoms with Crippen LogP contribution in [-0.4, -0.2) is 72.0 Å². The van der Waals surface area contributed by atoms with Gasteiger partial charge in [-0.05, 0) is 51.0 Å². The number of aliphatic carboxylic acids is 1. The van der Waals surface area contributed by atoms with Crippen LogP contribution in [0.3, 0.4) is 0 Å². The van der Waals surface area contributed by atoms with Crippen molar-refractivity contribution in [1.29, 1.82) is 0 Å². The van der Waals surface area contributed by atoms with Crippen LogP contribution in [0, 0.1) is 11.8 Å². The van der Waals surface area contributed by atoms with Crippen LogP contribution < -0.4 is 32.7 Å². The lowest BCUT2D eigenvalue weighted by Gasteiger charge is -2.26. The molecule has 196 valence electrons. The van der Waals surface area contributed by atoms with E-state index < -0.39 is 60.3 Å². The van der Waals surface area contributed by atoms with Crippen LogP contribution in [-0.2, 0) is 24.0 Å². The zero-order valence-corrected chi connectivity index (χ0v) is 20.8. The lowest BCUT2D eigenvalue weighted by Crippen LogP contribution is -2.57. The van der Waals surface area contributed by atoms with Gasteiger partial charge < -0.3 is 37.8 Å². The Labute approximate surface area is 201 Å². The summed E-state index contributed by atoms with van der Waals surface area (Å²) in [5.74, 6) is -3.60. The number of hydrogen-bond donors (Lipinski definition) is 7. The largest absolute Gasteiger partial charge is 0.480 e. The van der Waals surface area contributed by atoms with Crippen LogP contribution >= 0.6 is 0 Å². The quantitative estimate of drug-likeness (QED) is 0.132. The highest BCUT2D eigenvalue weighted by Crippen LogP contribution is 2.08. The van der Waals surface area contributed by atoms with Crippen LogP contribution in [0.5, 0.6) is 0 Å². The van der Waals surface area contributed by atoms with Crippen LogP contribution in [0.15, 0.2) is 0 Å². The molecule has 0 aliphatic rings. The normalized spacial score (nSPS) is 14.6. The van der Waals surface area contributed by atoms with E-state index in [1.165, 1.54) is 6.92 Å². The number of hydrogen-bond acceptors (Lipinski definition) is 7. The van der Waals surface area contributed by atoms with Gasteiger partial charge in [0.2, 0.25) is 23.6 Å². The van der Waals surface area contributed by atoms with E-state index in [2.05, 4.69) is 21.3 Å². The topological polar surface area (TPSA) is 206 Å². The van der Waals surface area contributed by atoms with E-state index in [1.54, 1.807) is 13.8 Å². The van der Waals surface area contributed by atoms with E-state index in [-0.39, 0.29) is 11.8 Å². The summed E-state index contributed by atoms with van der Waals surface area (Å²) in [5, 5.41) is 18.8. The number of nitrogens with one attached hydrogen (secondary N) is 4. The lowest BCUT2D eigenvalue weighted by molar-refractivity contribution is -0.141. The van der Waals surface area contributed by atoms with Gasteiger partial charge in [-0.3, -0.25) is 24.0 Å². The molecule has 12 heteroatoms. The van der Waals surface area contributed by atoms with Crippen LogP contribution in [0.25, 0.3) is 0 Å². The van der Waals surface area contributed by atoms with Gasteiger partial charge in [-0.15, -0.1) is 0 Å². The first-order valence-corrected chi connectivity index (χ1v) is 11.7. The second kappa shape index (κ2) is 16.0. The molecule has 0 aromatic rings. The number of carbonyl (C=O) groups is 5. The number of unbranched alkanes of at least 4 members (excludes halogenated alkanes) is 1. The highest BCUT2D eigenvalue weighted by Gasteiger charge is 2.30. The summed E-state index contributed by atoms with van der Waals surface area (Å²) in [6.45, 7) is 8.60. The standard InChI is InChI=1S/C22H42N6O6/c1-12(2)10-15(24)19(30)27-16(8-6-7-9-23)20(31)28-18(13(3)4)21(32)25-11-17(29)26-14(5)22(33)34/h12-16,18H,6-11,23-24H2,1-5H3,(H,25,32)(H,26,29)(H,27,30)(H,28,31)(H,33,34). The first-order valence-electron chi connectivity index (χ1n) is 11.7. The second-order valence-electron chi connectivity index (χ2n) is 9.16. The number of carboxylic acids is 1. The minimum Gasteiger partial charge on any atom is -0.480 e. The average molecular weight is 487 g/mol. The predicted octanol–water partition coefficient (Wildman–Crippen LogP) is -1.18. The van der Waals surface area contributed by atoms with Crippen molar-refractivity contribution in [3.05, 3.63) is 0 Å². The Bertz CT molecular complexity index is 699. The van der Waals surface area contributed by atoms with Crippen LogP contribution in [0.4, 0.5) is 0 Å². The molecular weight excluding hydrogens is 444 g/mol. The number of carboxylic acid groups (broad SMARTS) is 1. The summed E-state index contributed by atoms with van der Waals surface area (Å²) in [4.78, 5) is 60.8. The molecule has 9 N–H and O–H groups in total. The Kier molecular flexibility index (Phi) is 14.7. The monoisotopic (exact) mass is 486 g/mol. The van der Waals surface area contributed by atoms with E-state index in [1.807, 2.05) is 13.8 Å². The molecule has 0 bridgehead atoms. The van der Waals surface area contributed by atoms with Crippen molar-refractivity contribution in [2.45, 2.75) is 84.5 Å². The fourth-order valence-corrected chi connectivity index (χ4v) is 3.08. The molecule has 0 aromatic heterocycles. The Morgan fingerprint density at radius 2 is 1.47 bits per heavy atom. The maximum absolute atomic E-state index is 13.0. The molecule has 4 unspecified atom stereocenters. The molecule has 0 aromatic carbocycles. The SMILES string of the molecule is CC(C)CC(N)C(=O)NC(CCCCN)C(=O)NC(C(=O)NCC(=O)NC(C)C(=O)O)C(C)C. The number of rotatable bonds is 16. The summed E-state index contributed by atoms with van der Waals surface area (Å²) in [7, 11) is 0. The van der Waals surface area contributed by atoms with Crippen LogP contribution in [0.2, 0.25) is 0 Å². The maximum Gasteiger partial charge on any atom is 0.325 e. The van der Waals surface area contributed by atoms with Crippen molar-refractivity contribution in [3.8, 4) is 0 Å². The molecule has 4 amide bonds. The van der Waals surface area contributed by atoms with Gasteiger partial charge in [0.15, 0.2) is 0 Å². The molecular formula is C22H42N6O6. The molecule has 12 nitrogen and oxygen atoms in total. The third kappa shape index (κ3) is 12.5. The molecule has 4 atom stereocenters. The fourth-order valence-electron chi connectivity index (χ4n) is 3.08. The van der Waals surface area contributed by atoms with E-state index in [4.69, 9.17) is 16.6 Å². The van der Waals surface area contributed by atoms with Crippen molar-refractivity contribution in [3.63, 3.8) is 0 Å². The lowest BCUT2D eigenvalue weighted by atomic mass is 10.0. The molecule has 0 radical (unpaired) electrons. The smallest absolute Gasteiger partial charge is 0.325 e. The van der Waals surface area contributed by atoms with E-state index in [0.29, 0.717) is 32.2 Å². The molecule has 34 heavy (non-hydrogen) atoms. The van der Waals surface area contributed by atoms with Crippen molar-refractivity contribution in [1.82, 2.24) is 21.3 Å². The van der Waals surface area contributed by atoms with Crippen LogP contribution in [0.1, 0.15) is 60.3 Å². The molecule has 0 spiro atoms. The summed E-state index contributed by atoms with van der Waals surface area (Å²) < 4.78 is 0. The van der Waals surface area contributed by atoms with E-state index in [0.717, 1.165) is 0 Å². The number of nitrogens with two attached hydrogens (primary N) is 2. The molecule has 0 fully saturated rings. The van der Waals surface area contributed by atoms with Crippen molar-refractivity contribution in [2.24, 2.45) is 23.3 Å². The van der Waals surface area contributed by atoms with Gasteiger partial charge in [-0.1, -0.05) is 27.7 Å². The van der Waals surface area contributed by atoms with Gasteiger partial charge in [0, 0.05) is 0 Å². The first kappa shape index (κ1) is 31.3. The molecule has 0 saturated heterocycles. The number of carbonyl (C=O) groups excluding carboxylic acids is 4. The summed E-state index contributed by atoms with van der Waals surface area (Å²) in [5.41, 5.74) is 11.5. The van der Waals surface area contributed by atoms with E-state index in [9.17, 15) is 24.0 Å². The van der Waals surface area contributed by atoms with Gasteiger partial charge in [0.1, 0.15) is 18.1 Å². The Morgan fingerprint density at radius 3 is 1.97 bits per heavy atom. The van der Waals surface area contributed by atoms with Gasteiger partial charge in [0.05, 0.1) is 12.6 Å². The minimum atomic E-state index is -1.21. The average Bonchev–Trinajstić information content (AvgIpc) is 2.73. The highest BCUT2D eigenvalue weighted by molar-refractivity contribution is 5.94. The molecule has 0 rings (SSSR count). The highest BCUT2D eigenvalue weighted by atomic mass is 16.4. The zero-order chi connectivity index (χ0) is 26.4. The molecule has 0 aliphatic carbocycles. The van der Waals surface area contributed by atoms with Crippen molar-refractivity contribution in [2.75, 3.05) is 13.1 Å². The van der Waals surface area contributed by atoms with Gasteiger partial charge in [-0.2, -0.15) is 0 Å². The molecule has 0 heterocycles. The molecule has 0 aliphatic heterocycles. The predicted molar refractivity (Wildman–Crippen MR) is 127 cm³/mol. The van der Waals surface area contributed by atoms with Crippen molar-refractivity contribution < 1.29 is 29.1 Å². The third-order valence-corrected chi connectivity index (χ3v) is 5.06.